The molecular weight excluding hydrogens is 270 g/mol. The van der Waals surface area contributed by atoms with Crippen LogP contribution in [0.25, 0.3) is 0 Å². The van der Waals surface area contributed by atoms with E-state index >= 15 is 0 Å². The lowest BCUT2D eigenvalue weighted by Crippen LogP contribution is -2.43. The van der Waals surface area contributed by atoms with Gasteiger partial charge in [0.1, 0.15) is 6.04 Å². The first-order valence-corrected chi connectivity index (χ1v) is 7.96. The summed E-state index contributed by atoms with van der Waals surface area (Å²) in [5, 5.41) is 6.86. The monoisotopic (exact) mass is 291 g/mol. The van der Waals surface area contributed by atoms with E-state index in [4.69, 9.17) is 0 Å². The van der Waals surface area contributed by atoms with E-state index in [1.165, 1.54) is 5.56 Å². The quantitative estimate of drug-likeness (QED) is 0.870. The first-order valence-electron chi connectivity index (χ1n) is 6.97. The molecule has 0 aromatic heterocycles. The molecule has 108 valence electrons. The van der Waals surface area contributed by atoms with Crippen LogP contribution in [0, 0.1) is 0 Å². The summed E-state index contributed by atoms with van der Waals surface area (Å²) in [4.78, 5) is 16.3. The molecule has 2 unspecified atom stereocenters. The van der Waals surface area contributed by atoms with Crippen molar-refractivity contribution in [2.24, 2.45) is 4.99 Å². The summed E-state index contributed by atoms with van der Waals surface area (Å²) in [5.41, 5.74) is 1.31. The molecule has 4 nitrogen and oxygen atoms in total. The molecule has 20 heavy (non-hydrogen) atoms. The summed E-state index contributed by atoms with van der Waals surface area (Å²) in [6.45, 7) is 4.43. The maximum atomic E-state index is 11.7. The van der Waals surface area contributed by atoms with Crippen molar-refractivity contribution >= 4 is 22.8 Å². The second-order valence-electron chi connectivity index (χ2n) is 4.85. The molecule has 2 rings (SSSR count). The third-order valence-corrected chi connectivity index (χ3v) is 4.16. The number of thioether (sulfide) groups is 1. The number of likely N-dealkylation sites (N-methyl/N-ethyl adjacent to an activating group) is 1. The molecule has 0 saturated heterocycles. The predicted molar refractivity (Wildman–Crippen MR) is 85.1 cm³/mol. The Morgan fingerprint density at radius 1 is 1.45 bits per heavy atom. The Hall–Kier alpha value is -1.49. The molecular formula is C15H21N3OS. The highest BCUT2D eigenvalue weighted by atomic mass is 32.2. The first kappa shape index (κ1) is 14.9. The number of nitrogens with one attached hydrogen (secondary N) is 2. The molecule has 0 bridgehead atoms. The largest absolute Gasteiger partial charge is 0.355 e. The van der Waals surface area contributed by atoms with Gasteiger partial charge in [-0.15, -0.1) is 0 Å². The van der Waals surface area contributed by atoms with Crippen LogP contribution < -0.4 is 10.6 Å². The van der Waals surface area contributed by atoms with Crippen LogP contribution in [0.3, 0.4) is 0 Å². The number of nitrogens with zero attached hydrogens (tertiary/aromatic N) is 1. The fraction of sp³-hybridized carbons (Fsp3) is 0.467. The van der Waals surface area contributed by atoms with Crippen LogP contribution in [0.4, 0.5) is 0 Å². The normalized spacial score (nSPS) is 19.3. The van der Waals surface area contributed by atoms with Crippen LogP contribution in [-0.4, -0.2) is 35.5 Å². The van der Waals surface area contributed by atoms with Crippen LogP contribution in [-0.2, 0) is 11.2 Å². The highest BCUT2D eigenvalue weighted by Crippen LogP contribution is 2.20. The molecule has 2 atom stereocenters. The molecule has 2 N–H and O–H groups in total. The summed E-state index contributed by atoms with van der Waals surface area (Å²) in [5.74, 6) is 0.988. The van der Waals surface area contributed by atoms with E-state index in [-0.39, 0.29) is 11.9 Å². The van der Waals surface area contributed by atoms with Gasteiger partial charge in [0.2, 0.25) is 5.91 Å². The van der Waals surface area contributed by atoms with Crippen molar-refractivity contribution in [3.8, 4) is 0 Å². The molecule has 1 heterocycles. The first-order chi connectivity index (χ1) is 9.69. The number of rotatable bonds is 5. The molecule has 1 aliphatic rings. The fourth-order valence-corrected chi connectivity index (χ4v) is 3.09. The number of amides is 1. The molecule has 1 aromatic rings. The lowest BCUT2D eigenvalue weighted by molar-refractivity contribution is -0.122. The van der Waals surface area contributed by atoms with Gasteiger partial charge in [-0.3, -0.25) is 9.79 Å². The smallest absolute Gasteiger partial charge is 0.242 e. The van der Waals surface area contributed by atoms with Crippen LogP contribution >= 0.6 is 11.8 Å². The number of carbonyl (C=O) groups is 1. The average Bonchev–Trinajstić information content (AvgIpc) is 2.87. The van der Waals surface area contributed by atoms with Gasteiger partial charge in [0, 0.05) is 12.3 Å². The van der Waals surface area contributed by atoms with E-state index in [2.05, 4.69) is 39.9 Å². The zero-order valence-electron chi connectivity index (χ0n) is 11.9. The number of hydrogen-bond donors (Lipinski definition) is 2. The highest BCUT2D eigenvalue weighted by Gasteiger charge is 2.21. The number of hydrogen-bond acceptors (Lipinski definition) is 4. The minimum absolute atomic E-state index is 0.0160. The Bertz CT molecular complexity index is 475. The molecule has 0 radical (unpaired) electrons. The van der Waals surface area contributed by atoms with Gasteiger partial charge < -0.3 is 10.6 Å². The zero-order valence-corrected chi connectivity index (χ0v) is 12.7. The summed E-state index contributed by atoms with van der Waals surface area (Å²) in [7, 11) is 0. The van der Waals surface area contributed by atoms with Gasteiger partial charge in [-0.2, -0.15) is 0 Å². The van der Waals surface area contributed by atoms with Crippen molar-refractivity contribution in [2.75, 3.05) is 12.3 Å². The van der Waals surface area contributed by atoms with Gasteiger partial charge in [0.05, 0.1) is 6.04 Å². The van der Waals surface area contributed by atoms with Crippen molar-refractivity contribution in [2.45, 2.75) is 32.4 Å². The minimum atomic E-state index is -0.239. The van der Waals surface area contributed by atoms with Crippen LogP contribution in [0.5, 0.6) is 0 Å². The van der Waals surface area contributed by atoms with Gasteiger partial charge in [0.25, 0.3) is 0 Å². The van der Waals surface area contributed by atoms with Crippen LogP contribution in [0.2, 0.25) is 0 Å². The van der Waals surface area contributed by atoms with E-state index in [9.17, 15) is 4.79 Å². The third-order valence-electron chi connectivity index (χ3n) is 3.11. The number of aliphatic imine (C=N–C) groups is 1. The summed E-state index contributed by atoms with van der Waals surface area (Å²) < 4.78 is 0. The molecule has 0 spiro atoms. The molecule has 0 aliphatic carbocycles. The molecule has 0 saturated carbocycles. The van der Waals surface area contributed by atoms with E-state index in [0.29, 0.717) is 12.6 Å². The number of amidine groups is 1. The Morgan fingerprint density at radius 3 is 2.90 bits per heavy atom. The van der Waals surface area contributed by atoms with Gasteiger partial charge in [-0.05, 0) is 25.8 Å². The summed E-state index contributed by atoms with van der Waals surface area (Å²) in [6.07, 6.45) is 0.953. The van der Waals surface area contributed by atoms with Gasteiger partial charge in [0.15, 0.2) is 5.17 Å². The lowest BCUT2D eigenvalue weighted by Gasteiger charge is -2.13. The van der Waals surface area contributed by atoms with E-state index < -0.39 is 0 Å². The summed E-state index contributed by atoms with van der Waals surface area (Å²) in [6, 6.07) is 10.4. The Balaban J connectivity index is 1.85. The van der Waals surface area contributed by atoms with Gasteiger partial charge in [-0.1, -0.05) is 42.1 Å². The maximum Gasteiger partial charge on any atom is 0.242 e. The van der Waals surface area contributed by atoms with Gasteiger partial charge >= 0.3 is 0 Å². The van der Waals surface area contributed by atoms with Crippen molar-refractivity contribution in [1.29, 1.82) is 0 Å². The van der Waals surface area contributed by atoms with Crippen molar-refractivity contribution in [1.82, 2.24) is 10.6 Å². The SMILES string of the molecule is CCNC(=O)C(C)NC1=NC(Cc2ccccc2)CS1. The van der Waals surface area contributed by atoms with E-state index in [1.807, 2.05) is 19.9 Å². The molecule has 0 fully saturated rings. The van der Waals surface area contributed by atoms with Crippen molar-refractivity contribution in [3.05, 3.63) is 35.9 Å². The van der Waals surface area contributed by atoms with Crippen molar-refractivity contribution in [3.63, 3.8) is 0 Å². The number of carbonyl (C=O) groups excluding carboxylic acids is 1. The van der Waals surface area contributed by atoms with Gasteiger partial charge in [-0.25, -0.2) is 0 Å². The Labute approximate surface area is 124 Å². The molecule has 1 aliphatic heterocycles. The summed E-state index contributed by atoms with van der Waals surface area (Å²) >= 11 is 1.69. The van der Waals surface area contributed by atoms with Crippen LogP contribution in [0.15, 0.2) is 35.3 Å². The second kappa shape index (κ2) is 7.33. The number of benzene rings is 1. The second-order valence-corrected chi connectivity index (χ2v) is 5.86. The maximum absolute atomic E-state index is 11.7. The van der Waals surface area contributed by atoms with E-state index in [0.717, 1.165) is 17.3 Å². The average molecular weight is 291 g/mol. The Morgan fingerprint density at radius 2 is 2.20 bits per heavy atom. The zero-order chi connectivity index (χ0) is 14.4. The third kappa shape index (κ3) is 4.27. The molecule has 5 heteroatoms. The minimum Gasteiger partial charge on any atom is -0.355 e. The fourth-order valence-electron chi connectivity index (χ4n) is 2.06. The van der Waals surface area contributed by atoms with Crippen LogP contribution in [0.1, 0.15) is 19.4 Å². The van der Waals surface area contributed by atoms with E-state index in [1.54, 1.807) is 11.8 Å². The van der Waals surface area contributed by atoms with Crippen molar-refractivity contribution < 1.29 is 4.79 Å². The predicted octanol–water partition coefficient (Wildman–Crippen LogP) is 1.81. The Kier molecular flexibility index (Phi) is 5.47. The highest BCUT2D eigenvalue weighted by molar-refractivity contribution is 8.14. The topological polar surface area (TPSA) is 53.5 Å². The molecule has 1 aromatic carbocycles. The molecule has 1 amide bonds. The standard InChI is InChI=1S/C15H21N3OS/c1-3-16-14(19)11(2)17-15-18-13(10-20-15)9-12-7-5-4-6-8-12/h4-8,11,13H,3,9-10H2,1-2H3,(H,16,19)(H,17,18). The lowest BCUT2D eigenvalue weighted by atomic mass is 10.1.